The van der Waals surface area contributed by atoms with Gasteiger partial charge in [-0.15, -0.1) is 0 Å². The first kappa shape index (κ1) is 39.5. The highest BCUT2D eigenvalue weighted by Gasteiger charge is 1.95. The van der Waals surface area contributed by atoms with Gasteiger partial charge >= 0.3 is 0 Å². The summed E-state index contributed by atoms with van der Waals surface area (Å²) in [6.45, 7) is 4.60. The Balaban J connectivity index is 3.10. The molecule has 0 unspecified atom stereocenters. The maximum absolute atomic E-state index is 2.46. The zero-order valence-corrected chi connectivity index (χ0v) is 28.4. The molecule has 0 aromatic carbocycles. The Kier molecular flexibility index (Phi) is 38.0. The van der Waals surface area contributed by atoms with E-state index in [2.05, 4.69) is 38.2 Å². The molecule has 0 saturated heterocycles. The van der Waals surface area contributed by atoms with Crippen molar-refractivity contribution < 1.29 is 0 Å². The van der Waals surface area contributed by atoms with Crippen LogP contribution in [0.5, 0.6) is 0 Å². The first-order valence-corrected chi connectivity index (χ1v) is 19.2. The average Bonchev–Trinajstić information content (AvgIpc) is 2.97. The Bertz CT molecular complexity index is 472. The Labute approximate surface area is 256 Å². The first-order chi connectivity index (χ1) is 19.9. The summed E-state index contributed by atoms with van der Waals surface area (Å²) in [5, 5.41) is 0. The zero-order chi connectivity index (χ0) is 28.9. The second-order valence-corrected chi connectivity index (χ2v) is 13.0. The van der Waals surface area contributed by atoms with Crippen molar-refractivity contribution >= 4 is 0 Å². The standard InChI is InChI=1S/C40H78/c1-3-5-7-9-11-13-15-17-19-21-23-25-27-29-31-33-35-37-39-40-38-36-34-32-30-28-26-24-22-20-18-16-14-12-10-8-6-4-2/h17,19,24,26H,3-16,18,20-23,25,27-40H2,1-2H3/b19-17-,26-24-. The van der Waals surface area contributed by atoms with Crippen LogP contribution in [-0.4, -0.2) is 0 Å². The molecule has 0 saturated carbocycles. The molecule has 0 atom stereocenters. The minimum atomic E-state index is 1.31. The van der Waals surface area contributed by atoms with E-state index < -0.39 is 0 Å². The molecule has 0 aliphatic heterocycles. The summed E-state index contributed by atoms with van der Waals surface area (Å²) >= 11 is 0. The van der Waals surface area contributed by atoms with Gasteiger partial charge in [0.1, 0.15) is 0 Å². The Morgan fingerprint density at radius 1 is 0.200 bits per heavy atom. The van der Waals surface area contributed by atoms with Crippen LogP contribution in [0.3, 0.4) is 0 Å². The van der Waals surface area contributed by atoms with Gasteiger partial charge in [-0.1, -0.05) is 205 Å². The molecule has 0 bridgehead atoms. The molecule has 0 aromatic rings. The molecule has 0 rings (SSSR count). The molecule has 0 radical (unpaired) electrons. The maximum Gasteiger partial charge on any atom is -0.0351 e. The fourth-order valence-corrected chi connectivity index (χ4v) is 5.91. The lowest BCUT2D eigenvalue weighted by Crippen LogP contribution is -1.83. The Morgan fingerprint density at radius 2 is 0.350 bits per heavy atom. The van der Waals surface area contributed by atoms with Crippen molar-refractivity contribution in [3.05, 3.63) is 24.3 Å². The van der Waals surface area contributed by atoms with Gasteiger partial charge in [-0.05, 0) is 51.4 Å². The Morgan fingerprint density at radius 3 is 0.525 bits per heavy atom. The van der Waals surface area contributed by atoms with Crippen molar-refractivity contribution in [1.29, 1.82) is 0 Å². The van der Waals surface area contributed by atoms with Crippen molar-refractivity contribution in [2.45, 2.75) is 232 Å². The lowest BCUT2D eigenvalue weighted by molar-refractivity contribution is 0.531. The number of hydrogen-bond donors (Lipinski definition) is 0. The van der Waals surface area contributed by atoms with E-state index in [1.54, 1.807) is 0 Å². The van der Waals surface area contributed by atoms with Crippen LogP contribution < -0.4 is 0 Å². The van der Waals surface area contributed by atoms with E-state index in [0.29, 0.717) is 0 Å². The highest BCUT2D eigenvalue weighted by atomic mass is 14.0. The quantitative estimate of drug-likeness (QED) is 0.0536. The second-order valence-electron chi connectivity index (χ2n) is 13.0. The lowest BCUT2D eigenvalue weighted by Gasteiger charge is -2.03. The van der Waals surface area contributed by atoms with Gasteiger partial charge in [0.25, 0.3) is 0 Å². The molecule has 238 valence electrons. The fourth-order valence-electron chi connectivity index (χ4n) is 5.91. The van der Waals surface area contributed by atoms with Crippen molar-refractivity contribution in [2.75, 3.05) is 0 Å². The molecule has 0 nitrogen and oxygen atoms in total. The van der Waals surface area contributed by atoms with Crippen LogP contribution in [0.4, 0.5) is 0 Å². The zero-order valence-electron chi connectivity index (χ0n) is 28.4. The first-order valence-electron chi connectivity index (χ1n) is 19.2. The SMILES string of the molecule is CCCCCCCC/C=C\CCCCCCCCCCCCCCCCC/C=C\CCCCCCCCCCC. The van der Waals surface area contributed by atoms with E-state index in [1.807, 2.05) is 0 Å². The molecule has 0 heterocycles. The topological polar surface area (TPSA) is 0 Å². The van der Waals surface area contributed by atoms with Crippen LogP contribution in [0.1, 0.15) is 232 Å². The minimum Gasteiger partial charge on any atom is -0.0885 e. The van der Waals surface area contributed by atoms with Gasteiger partial charge in [0.05, 0.1) is 0 Å². The normalized spacial score (nSPS) is 11.9. The van der Waals surface area contributed by atoms with Crippen molar-refractivity contribution in [1.82, 2.24) is 0 Å². The highest BCUT2D eigenvalue weighted by Crippen LogP contribution is 2.15. The van der Waals surface area contributed by atoms with Crippen molar-refractivity contribution in [3.8, 4) is 0 Å². The summed E-state index contributed by atoms with van der Waals surface area (Å²) in [5.74, 6) is 0. The molecule has 0 amide bonds. The molecule has 0 heteroatoms. The second kappa shape index (κ2) is 38.5. The lowest BCUT2D eigenvalue weighted by atomic mass is 10.0. The summed E-state index contributed by atoms with van der Waals surface area (Å²) in [7, 11) is 0. The van der Waals surface area contributed by atoms with Crippen LogP contribution in [0, 0.1) is 0 Å². The maximum atomic E-state index is 2.46. The highest BCUT2D eigenvalue weighted by molar-refractivity contribution is 4.82. The van der Waals surface area contributed by atoms with Crippen LogP contribution in [0.2, 0.25) is 0 Å². The van der Waals surface area contributed by atoms with Crippen LogP contribution >= 0.6 is 0 Å². The van der Waals surface area contributed by atoms with Crippen molar-refractivity contribution in [2.24, 2.45) is 0 Å². The van der Waals surface area contributed by atoms with Gasteiger partial charge in [-0.25, -0.2) is 0 Å². The number of rotatable bonds is 35. The van der Waals surface area contributed by atoms with E-state index in [1.165, 1.54) is 218 Å². The fraction of sp³-hybridized carbons (Fsp3) is 0.900. The number of unbranched alkanes of at least 4 members (excludes halogenated alkanes) is 31. The summed E-state index contributed by atoms with van der Waals surface area (Å²) in [5.41, 5.74) is 0. The summed E-state index contributed by atoms with van der Waals surface area (Å²) in [6.07, 6.45) is 58.4. The predicted molar refractivity (Wildman–Crippen MR) is 187 cm³/mol. The van der Waals surface area contributed by atoms with Gasteiger partial charge < -0.3 is 0 Å². The summed E-state index contributed by atoms with van der Waals surface area (Å²) in [6, 6.07) is 0. The predicted octanol–water partition coefficient (Wildman–Crippen LogP) is 15.4. The van der Waals surface area contributed by atoms with Gasteiger partial charge in [-0.3, -0.25) is 0 Å². The van der Waals surface area contributed by atoms with E-state index >= 15 is 0 Å². The minimum absolute atomic E-state index is 1.31. The molecular formula is C40H78. The van der Waals surface area contributed by atoms with Crippen molar-refractivity contribution in [3.63, 3.8) is 0 Å². The smallest absolute Gasteiger partial charge is 0.0351 e. The molecule has 40 heavy (non-hydrogen) atoms. The largest absolute Gasteiger partial charge is 0.0885 e. The van der Waals surface area contributed by atoms with Gasteiger partial charge in [0.2, 0.25) is 0 Å². The average molecular weight is 559 g/mol. The molecule has 0 aliphatic carbocycles. The number of hydrogen-bond acceptors (Lipinski definition) is 0. The summed E-state index contributed by atoms with van der Waals surface area (Å²) < 4.78 is 0. The van der Waals surface area contributed by atoms with Gasteiger partial charge in [0, 0.05) is 0 Å². The monoisotopic (exact) mass is 559 g/mol. The third-order valence-corrected chi connectivity index (χ3v) is 8.77. The molecule has 0 fully saturated rings. The molecule has 0 spiro atoms. The molecular weight excluding hydrogens is 480 g/mol. The summed E-state index contributed by atoms with van der Waals surface area (Å²) in [4.78, 5) is 0. The van der Waals surface area contributed by atoms with Gasteiger partial charge in [0.15, 0.2) is 0 Å². The Hall–Kier alpha value is -0.520. The van der Waals surface area contributed by atoms with E-state index in [0.717, 1.165) is 0 Å². The van der Waals surface area contributed by atoms with Crippen LogP contribution in [0.25, 0.3) is 0 Å². The van der Waals surface area contributed by atoms with E-state index in [9.17, 15) is 0 Å². The van der Waals surface area contributed by atoms with Crippen LogP contribution in [0.15, 0.2) is 24.3 Å². The van der Waals surface area contributed by atoms with E-state index in [-0.39, 0.29) is 0 Å². The van der Waals surface area contributed by atoms with E-state index in [4.69, 9.17) is 0 Å². The third-order valence-electron chi connectivity index (χ3n) is 8.77. The third kappa shape index (κ3) is 37.5. The van der Waals surface area contributed by atoms with Crippen LogP contribution in [-0.2, 0) is 0 Å². The number of allylic oxidation sites excluding steroid dienone is 4. The molecule has 0 aliphatic rings. The molecule has 0 aromatic heterocycles. The van der Waals surface area contributed by atoms with Gasteiger partial charge in [-0.2, -0.15) is 0 Å². The molecule has 0 N–H and O–H groups in total.